The van der Waals surface area contributed by atoms with E-state index in [1.54, 1.807) is 30.3 Å². The summed E-state index contributed by atoms with van der Waals surface area (Å²) in [5.74, 6) is -2.28. The molecule has 0 radical (unpaired) electrons. The highest BCUT2D eigenvalue weighted by Gasteiger charge is 2.58. The molecule has 0 spiro atoms. The van der Waals surface area contributed by atoms with Crippen LogP contribution < -0.4 is 10.6 Å². The van der Waals surface area contributed by atoms with Crippen LogP contribution in [0.15, 0.2) is 42.7 Å². The van der Waals surface area contributed by atoms with Crippen molar-refractivity contribution in [3.05, 3.63) is 54.1 Å². The molecule has 0 bridgehead atoms. The number of alkyl halides is 3. The summed E-state index contributed by atoms with van der Waals surface area (Å²) < 4.78 is 42.0. The quantitative estimate of drug-likeness (QED) is 0.599. The molecule has 0 saturated heterocycles. The van der Waals surface area contributed by atoms with Gasteiger partial charge in [-0.3, -0.25) is 9.59 Å². The van der Waals surface area contributed by atoms with Crippen LogP contribution >= 0.6 is 0 Å². The number of amides is 2. The Balaban J connectivity index is 1.78. The van der Waals surface area contributed by atoms with E-state index in [9.17, 15) is 27.9 Å². The van der Waals surface area contributed by atoms with Crippen molar-refractivity contribution in [2.24, 2.45) is 7.05 Å². The Morgan fingerprint density at radius 3 is 2.47 bits per heavy atom. The number of carbonyl (C=O) groups is 2. The molecule has 2 aromatic rings. The molecule has 30 heavy (non-hydrogen) atoms. The van der Waals surface area contributed by atoms with Crippen LogP contribution in [-0.2, 0) is 28.7 Å². The predicted molar refractivity (Wildman–Crippen MR) is 101 cm³/mol. The van der Waals surface area contributed by atoms with E-state index in [4.69, 9.17) is 0 Å². The Morgan fingerprint density at radius 2 is 1.93 bits per heavy atom. The van der Waals surface area contributed by atoms with Gasteiger partial charge in [0.2, 0.25) is 17.4 Å². The number of nitrogens with one attached hydrogen (secondary N) is 2. The first-order valence-electron chi connectivity index (χ1n) is 9.51. The summed E-state index contributed by atoms with van der Waals surface area (Å²) >= 11 is 0. The van der Waals surface area contributed by atoms with Crippen molar-refractivity contribution >= 4 is 11.8 Å². The number of benzene rings is 1. The van der Waals surface area contributed by atoms with E-state index >= 15 is 0 Å². The lowest BCUT2D eigenvalue weighted by atomic mass is 9.96. The average molecular weight is 424 g/mol. The maximum absolute atomic E-state index is 13.7. The van der Waals surface area contributed by atoms with Crippen LogP contribution in [0.25, 0.3) is 0 Å². The molecule has 7 nitrogen and oxygen atoms in total. The Bertz CT molecular complexity index is 896. The second-order valence-electron chi connectivity index (χ2n) is 7.49. The molecule has 3 N–H and O–H groups in total. The van der Waals surface area contributed by atoms with Crippen LogP contribution in [0.4, 0.5) is 13.2 Å². The minimum atomic E-state index is -5.14. The van der Waals surface area contributed by atoms with Crippen LogP contribution in [0, 0.1) is 0 Å². The van der Waals surface area contributed by atoms with Gasteiger partial charge < -0.3 is 20.3 Å². The Labute approximate surface area is 171 Å². The molecular formula is C20H23F3N4O3. The van der Waals surface area contributed by atoms with Crippen molar-refractivity contribution in [2.75, 3.05) is 0 Å². The fourth-order valence-electron chi connectivity index (χ4n) is 3.14. The fourth-order valence-corrected chi connectivity index (χ4v) is 3.14. The molecule has 1 heterocycles. The average Bonchev–Trinajstić information content (AvgIpc) is 3.37. The lowest BCUT2D eigenvalue weighted by Gasteiger charge is -2.30. The second-order valence-corrected chi connectivity index (χ2v) is 7.49. The van der Waals surface area contributed by atoms with E-state index < -0.39 is 41.9 Å². The lowest BCUT2D eigenvalue weighted by Crippen LogP contribution is -2.52. The topological polar surface area (TPSA) is 96.2 Å². The van der Waals surface area contributed by atoms with Crippen molar-refractivity contribution in [3.8, 4) is 0 Å². The third-order valence-electron chi connectivity index (χ3n) is 4.93. The Morgan fingerprint density at radius 1 is 1.27 bits per heavy atom. The number of nitrogens with zero attached hydrogens (tertiary/aromatic N) is 2. The van der Waals surface area contributed by atoms with E-state index in [1.165, 1.54) is 13.2 Å². The number of aromatic nitrogens is 2. The van der Waals surface area contributed by atoms with Gasteiger partial charge in [0.25, 0.3) is 0 Å². The fraction of sp³-hybridized carbons (Fsp3) is 0.450. The van der Waals surface area contributed by atoms with Crippen LogP contribution in [0.3, 0.4) is 0 Å². The molecule has 2 amide bonds. The molecule has 2 atom stereocenters. The third kappa shape index (κ3) is 4.99. The van der Waals surface area contributed by atoms with E-state index in [1.807, 2.05) is 0 Å². The van der Waals surface area contributed by atoms with Crippen molar-refractivity contribution in [1.82, 2.24) is 20.2 Å². The van der Waals surface area contributed by atoms with E-state index in [2.05, 4.69) is 15.6 Å². The molecular weight excluding hydrogens is 401 g/mol. The highest BCUT2D eigenvalue weighted by atomic mass is 19.4. The van der Waals surface area contributed by atoms with Crippen LogP contribution in [0.5, 0.6) is 0 Å². The smallest absolute Gasteiger partial charge is 0.374 e. The van der Waals surface area contributed by atoms with Gasteiger partial charge in [-0.05, 0) is 18.4 Å². The standard InChI is InChI=1S/C20H23F3N4O3/c1-27-10-9-24-18(27)19(30,20(21,22)23)12-16(28)26-15(17(29)25-14-7-8-14)11-13-5-3-2-4-6-13/h2-6,9-10,14-15,30H,7-8,11-12H2,1H3,(H,25,29)(H,26,28). The number of hydrogen-bond acceptors (Lipinski definition) is 4. The normalized spacial score (nSPS) is 17.1. The zero-order valence-electron chi connectivity index (χ0n) is 16.3. The number of carbonyl (C=O) groups excluding carboxylic acids is 2. The first-order chi connectivity index (χ1) is 14.1. The van der Waals surface area contributed by atoms with Crippen molar-refractivity contribution < 1.29 is 27.9 Å². The summed E-state index contributed by atoms with van der Waals surface area (Å²) in [4.78, 5) is 28.7. The van der Waals surface area contributed by atoms with Crippen molar-refractivity contribution in [3.63, 3.8) is 0 Å². The highest BCUT2D eigenvalue weighted by Crippen LogP contribution is 2.40. The monoisotopic (exact) mass is 424 g/mol. The molecule has 0 aliphatic heterocycles. The lowest BCUT2D eigenvalue weighted by molar-refractivity contribution is -0.271. The van der Waals surface area contributed by atoms with Crippen LogP contribution in [-0.4, -0.2) is 44.7 Å². The molecule has 1 fully saturated rings. The molecule has 1 aromatic heterocycles. The number of halogens is 3. The van der Waals surface area contributed by atoms with Gasteiger partial charge in [0.05, 0.1) is 6.42 Å². The van der Waals surface area contributed by atoms with Gasteiger partial charge in [-0.2, -0.15) is 13.2 Å². The maximum Gasteiger partial charge on any atom is 0.425 e. The Hall–Kier alpha value is -2.88. The van der Waals surface area contributed by atoms with E-state index in [0.29, 0.717) is 0 Å². The largest absolute Gasteiger partial charge is 0.425 e. The molecule has 162 valence electrons. The zero-order chi connectivity index (χ0) is 21.9. The summed E-state index contributed by atoms with van der Waals surface area (Å²) in [5, 5.41) is 15.5. The molecule has 2 unspecified atom stereocenters. The molecule has 10 heteroatoms. The van der Waals surface area contributed by atoms with Gasteiger partial charge in [-0.25, -0.2) is 4.98 Å². The van der Waals surface area contributed by atoms with Crippen molar-refractivity contribution in [1.29, 1.82) is 0 Å². The first kappa shape index (κ1) is 21.8. The zero-order valence-corrected chi connectivity index (χ0v) is 16.3. The number of imidazole rings is 1. The van der Waals surface area contributed by atoms with Gasteiger partial charge in [0.15, 0.2) is 5.82 Å². The van der Waals surface area contributed by atoms with Gasteiger partial charge in [-0.1, -0.05) is 30.3 Å². The summed E-state index contributed by atoms with van der Waals surface area (Å²) in [6, 6.07) is 7.77. The second kappa shape index (κ2) is 8.47. The van der Waals surface area contributed by atoms with Gasteiger partial charge in [0.1, 0.15) is 6.04 Å². The minimum absolute atomic E-state index is 0.0207. The minimum Gasteiger partial charge on any atom is -0.374 e. The third-order valence-corrected chi connectivity index (χ3v) is 4.93. The van der Waals surface area contributed by atoms with E-state index in [0.717, 1.165) is 29.2 Å². The molecule has 1 aliphatic carbocycles. The number of hydrogen-bond donors (Lipinski definition) is 3. The summed E-state index contributed by atoms with van der Waals surface area (Å²) in [6.07, 6.45) is -2.36. The number of rotatable bonds is 8. The van der Waals surface area contributed by atoms with Gasteiger partial charge >= 0.3 is 6.18 Å². The van der Waals surface area contributed by atoms with Crippen molar-refractivity contribution in [2.45, 2.75) is 49.5 Å². The molecule has 1 aliphatic rings. The molecule has 3 rings (SSSR count). The van der Waals surface area contributed by atoms with Gasteiger partial charge in [0, 0.05) is 31.9 Å². The van der Waals surface area contributed by atoms with Gasteiger partial charge in [-0.15, -0.1) is 0 Å². The summed E-state index contributed by atoms with van der Waals surface area (Å²) in [7, 11) is 1.29. The summed E-state index contributed by atoms with van der Waals surface area (Å²) in [5.41, 5.74) is -2.75. The van der Waals surface area contributed by atoms with Crippen LogP contribution in [0.1, 0.15) is 30.7 Å². The molecule has 1 saturated carbocycles. The van der Waals surface area contributed by atoms with E-state index in [-0.39, 0.29) is 12.5 Å². The Kier molecular flexibility index (Phi) is 6.16. The SMILES string of the molecule is Cn1ccnc1C(O)(CC(=O)NC(Cc1ccccc1)C(=O)NC1CC1)C(F)(F)F. The number of aryl methyl sites for hydroxylation is 1. The highest BCUT2D eigenvalue weighted by molar-refractivity contribution is 5.88. The molecule has 1 aromatic carbocycles. The van der Waals surface area contributed by atoms with Crippen LogP contribution in [0.2, 0.25) is 0 Å². The predicted octanol–water partition coefficient (Wildman–Crippen LogP) is 1.57. The first-order valence-corrected chi connectivity index (χ1v) is 9.51. The maximum atomic E-state index is 13.7. The number of aliphatic hydroxyl groups is 1. The summed E-state index contributed by atoms with van der Waals surface area (Å²) in [6.45, 7) is 0.